The topological polar surface area (TPSA) is 51.2 Å². The Hall–Kier alpha value is -1.58. The normalized spacial score (nSPS) is 9.67. The molecule has 0 aliphatic carbocycles. The molecule has 0 unspecified atom stereocenters. The molecule has 0 aromatic carbocycles. The SMILES string of the molecule is COC(=O)NCCCCc1cccnc1. The molecule has 1 aromatic rings. The highest BCUT2D eigenvalue weighted by molar-refractivity contribution is 5.66. The maximum absolute atomic E-state index is 10.7. The van der Waals surface area contributed by atoms with Gasteiger partial charge in [0.15, 0.2) is 0 Å². The highest BCUT2D eigenvalue weighted by Crippen LogP contribution is 2.01. The third-order valence-corrected chi connectivity index (χ3v) is 2.07. The maximum atomic E-state index is 10.7. The summed E-state index contributed by atoms with van der Waals surface area (Å²) >= 11 is 0. The Morgan fingerprint density at radius 1 is 1.53 bits per heavy atom. The van der Waals surface area contributed by atoms with Crippen LogP contribution in [0.4, 0.5) is 4.79 Å². The molecule has 0 fully saturated rings. The van der Waals surface area contributed by atoms with Crippen LogP contribution in [0.1, 0.15) is 18.4 Å². The molecule has 4 nitrogen and oxygen atoms in total. The van der Waals surface area contributed by atoms with Gasteiger partial charge in [-0.25, -0.2) is 4.79 Å². The number of nitrogens with zero attached hydrogens (tertiary/aromatic N) is 1. The van der Waals surface area contributed by atoms with E-state index in [1.165, 1.54) is 12.7 Å². The van der Waals surface area contributed by atoms with Crippen molar-refractivity contribution in [3.8, 4) is 0 Å². The molecule has 82 valence electrons. The molecule has 0 saturated carbocycles. The van der Waals surface area contributed by atoms with Gasteiger partial charge in [0, 0.05) is 18.9 Å². The molecule has 0 bridgehead atoms. The van der Waals surface area contributed by atoms with Crippen molar-refractivity contribution in [1.29, 1.82) is 0 Å². The molecule has 1 heterocycles. The summed E-state index contributed by atoms with van der Waals surface area (Å²) in [6.45, 7) is 0.660. The first-order valence-corrected chi connectivity index (χ1v) is 5.03. The first-order chi connectivity index (χ1) is 7.33. The highest BCUT2D eigenvalue weighted by atomic mass is 16.5. The van der Waals surface area contributed by atoms with Crippen molar-refractivity contribution in [2.24, 2.45) is 0 Å². The van der Waals surface area contributed by atoms with E-state index in [9.17, 15) is 4.79 Å². The van der Waals surface area contributed by atoms with Gasteiger partial charge in [-0.3, -0.25) is 4.98 Å². The van der Waals surface area contributed by atoms with Gasteiger partial charge in [-0.15, -0.1) is 0 Å². The molecular formula is C11H16N2O2. The molecule has 0 aliphatic heterocycles. The number of hydrogen-bond donors (Lipinski definition) is 1. The van der Waals surface area contributed by atoms with Crippen molar-refractivity contribution < 1.29 is 9.53 Å². The van der Waals surface area contributed by atoms with Crippen LogP contribution in [-0.4, -0.2) is 24.7 Å². The van der Waals surface area contributed by atoms with Gasteiger partial charge in [-0.1, -0.05) is 6.07 Å². The van der Waals surface area contributed by atoms with Gasteiger partial charge in [-0.2, -0.15) is 0 Å². The molecule has 1 aromatic heterocycles. The van der Waals surface area contributed by atoms with E-state index in [2.05, 4.69) is 21.1 Å². The second-order valence-electron chi connectivity index (χ2n) is 3.24. The lowest BCUT2D eigenvalue weighted by Crippen LogP contribution is -2.23. The number of rotatable bonds is 5. The first kappa shape index (κ1) is 11.5. The predicted octanol–water partition coefficient (Wildman–Crippen LogP) is 1.76. The zero-order valence-corrected chi connectivity index (χ0v) is 8.90. The number of aromatic nitrogens is 1. The fourth-order valence-corrected chi connectivity index (χ4v) is 1.26. The largest absolute Gasteiger partial charge is 0.453 e. The predicted molar refractivity (Wildman–Crippen MR) is 57.6 cm³/mol. The monoisotopic (exact) mass is 208 g/mol. The van der Waals surface area contributed by atoms with Gasteiger partial charge in [0.05, 0.1) is 7.11 Å². The van der Waals surface area contributed by atoms with Crippen molar-refractivity contribution in [3.05, 3.63) is 30.1 Å². The number of hydrogen-bond acceptors (Lipinski definition) is 3. The van der Waals surface area contributed by atoms with Gasteiger partial charge >= 0.3 is 6.09 Å². The molecule has 0 aliphatic rings. The quantitative estimate of drug-likeness (QED) is 0.750. The van der Waals surface area contributed by atoms with E-state index in [0.29, 0.717) is 6.54 Å². The average molecular weight is 208 g/mol. The third-order valence-electron chi connectivity index (χ3n) is 2.07. The summed E-state index contributed by atoms with van der Waals surface area (Å²) in [5, 5.41) is 2.64. The summed E-state index contributed by atoms with van der Waals surface area (Å²) < 4.78 is 4.46. The van der Waals surface area contributed by atoms with E-state index < -0.39 is 0 Å². The highest BCUT2D eigenvalue weighted by Gasteiger charge is 1.97. The summed E-state index contributed by atoms with van der Waals surface area (Å²) in [5.41, 5.74) is 1.23. The first-order valence-electron chi connectivity index (χ1n) is 5.03. The number of alkyl carbamates (subject to hydrolysis) is 1. The zero-order chi connectivity index (χ0) is 10.9. The lowest BCUT2D eigenvalue weighted by Gasteiger charge is -2.03. The summed E-state index contributed by atoms with van der Waals surface area (Å²) in [7, 11) is 1.37. The molecule has 0 radical (unpaired) electrons. The van der Waals surface area contributed by atoms with Crippen LogP contribution in [0.15, 0.2) is 24.5 Å². The van der Waals surface area contributed by atoms with Crippen LogP contribution in [0.25, 0.3) is 0 Å². The average Bonchev–Trinajstić information content (AvgIpc) is 2.29. The Morgan fingerprint density at radius 3 is 3.07 bits per heavy atom. The second kappa shape index (κ2) is 6.81. The number of amides is 1. The summed E-state index contributed by atoms with van der Waals surface area (Å²) in [5.74, 6) is 0. The minimum absolute atomic E-state index is 0.364. The van der Waals surface area contributed by atoms with Crippen LogP contribution in [0.3, 0.4) is 0 Å². The number of carbonyl (C=O) groups is 1. The summed E-state index contributed by atoms with van der Waals surface area (Å²) in [6, 6.07) is 3.99. The Bertz CT molecular complexity index is 288. The van der Waals surface area contributed by atoms with Crippen molar-refractivity contribution >= 4 is 6.09 Å². The minimum Gasteiger partial charge on any atom is -0.453 e. The van der Waals surface area contributed by atoms with Crippen LogP contribution in [-0.2, 0) is 11.2 Å². The molecular weight excluding hydrogens is 192 g/mol. The third kappa shape index (κ3) is 5.00. The number of aryl methyl sites for hydroxylation is 1. The number of carbonyl (C=O) groups excluding carboxylic acids is 1. The van der Waals surface area contributed by atoms with Crippen LogP contribution in [0, 0.1) is 0 Å². The van der Waals surface area contributed by atoms with Crippen molar-refractivity contribution in [1.82, 2.24) is 10.3 Å². The van der Waals surface area contributed by atoms with Crippen molar-refractivity contribution in [3.63, 3.8) is 0 Å². The molecule has 15 heavy (non-hydrogen) atoms. The molecule has 0 saturated heterocycles. The Kier molecular flexibility index (Phi) is 5.22. The number of methoxy groups -OCH3 is 1. The minimum atomic E-state index is -0.364. The molecule has 4 heteroatoms. The van der Waals surface area contributed by atoms with Crippen LogP contribution in [0.2, 0.25) is 0 Å². The molecule has 1 rings (SSSR count). The van der Waals surface area contributed by atoms with Gasteiger partial charge in [0.2, 0.25) is 0 Å². The van der Waals surface area contributed by atoms with Gasteiger partial charge in [0.1, 0.15) is 0 Å². The molecule has 0 atom stereocenters. The number of nitrogens with one attached hydrogen (secondary N) is 1. The Morgan fingerprint density at radius 2 is 2.40 bits per heavy atom. The molecule has 0 spiro atoms. The van der Waals surface area contributed by atoms with Crippen molar-refractivity contribution in [2.75, 3.05) is 13.7 Å². The van der Waals surface area contributed by atoms with Gasteiger partial charge in [0.25, 0.3) is 0 Å². The number of ether oxygens (including phenoxy) is 1. The summed E-state index contributed by atoms with van der Waals surface area (Å²) in [6.07, 6.45) is 6.25. The van der Waals surface area contributed by atoms with Gasteiger partial charge < -0.3 is 10.1 Å². The van der Waals surface area contributed by atoms with Gasteiger partial charge in [-0.05, 0) is 30.9 Å². The van der Waals surface area contributed by atoms with Crippen molar-refractivity contribution in [2.45, 2.75) is 19.3 Å². The van der Waals surface area contributed by atoms with E-state index in [-0.39, 0.29) is 6.09 Å². The second-order valence-corrected chi connectivity index (χ2v) is 3.24. The molecule has 1 N–H and O–H groups in total. The maximum Gasteiger partial charge on any atom is 0.406 e. The van der Waals surface area contributed by atoms with Crippen LogP contribution >= 0.6 is 0 Å². The number of pyridine rings is 1. The van der Waals surface area contributed by atoms with E-state index in [1.807, 2.05) is 12.3 Å². The fourth-order valence-electron chi connectivity index (χ4n) is 1.26. The smallest absolute Gasteiger partial charge is 0.406 e. The Labute approximate surface area is 89.7 Å². The lowest BCUT2D eigenvalue weighted by atomic mass is 10.1. The van der Waals surface area contributed by atoms with Crippen LogP contribution < -0.4 is 5.32 Å². The summed E-state index contributed by atoms with van der Waals surface area (Å²) in [4.78, 5) is 14.7. The zero-order valence-electron chi connectivity index (χ0n) is 8.90. The standard InChI is InChI=1S/C11H16N2O2/c1-15-11(14)13-8-3-2-5-10-6-4-7-12-9-10/h4,6-7,9H,2-3,5,8H2,1H3,(H,13,14). The number of unbranched alkanes of at least 4 members (excludes halogenated alkanes) is 1. The molecule has 1 amide bonds. The van der Waals surface area contributed by atoms with E-state index in [1.54, 1.807) is 6.20 Å². The van der Waals surface area contributed by atoms with Crippen LogP contribution in [0.5, 0.6) is 0 Å². The Balaban J connectivity index is 2.05. The fraction of sp³-hybridized carbons (Fsp3) is 0.455. The lowest BCUT2D eigenvalue weighted by molar-refractivity contribution is 0.171. The van der Waals surface area contributed by atoms with E-state index in [4.69, 9.17) is 0 Å². The van der Waals surface area contributed by atoms with E-state index in [0.717, 1.165) is 19.3 Å². The van der Waals surface area contributed by atoms with E-state index >= 15 is 0 Å².